The maximum Gasteiger partial charge on any atom is 0.339 e. The number of ether oxygens (including phenoxy) is 2. The Morgan fingerprint density at radius 1 is 1.05 bits per heavy atom. The number of esters is 3. The Hall–Kier alpha value is -1.96. The van der Waals surface area contributed by atoms with Crippen LogP contribution in [0.1, 0.15) is 52.4 Å². The number of aliphatic carboxylic acids is 1. The van der Waals surface area contributed by atoms with Gasteiger partial charge in [0.1, 0.15) is 0 Å². The SMILES string of the molecule is CCCCCCOC(=O)C(O)(CC(=O)O)CC(=O)OC(C)=O. The van der Waals surface area contributed by atoms with Gasteiger partial charge in [0, 0.05) is 6.92 Å². The first-order valence-electron chi connectivity index (χ1n) is 7.04. The average Bonchev–Trinajstić information content (AvgIpc) is 2.35. The fourth-order valence-corrected chi connectivity index (χ4v) is 1.72. The molecule has 1 atom stereocenters. The maximum absolute atomic E-state index is 11.8. The fraction of sp³-hybridized carbons (Fsp3) is 0.714. The minimum atomic E-state index is -2.55. The molecule has 0 aliphatic heterocycles. The van der Waals surface area contributed by atoms with E-state index in [0.717, 1.165) is 26.2 Å². The number of rotatable bonds is 10. The Bertz CT molecular complexity index is 417. The summed E-state index contributed by atoms with van der Waals surface area (Å²) in [5, 5.41) is 18.8. The van der Waals surface area contributed by atoms with E-state index in [1.165, 1.54) is 0 Å². The molecule has 0 saturated heterocycles. The van der Waals surface area contributed by atoms with Crippen LogP contribution >= 0.6 is 0 Å². The summed E-state index contributed by atoms with van der Waals surface area (Å²) in [6.45, 7) is 3.00. The van der Waals surface area contributed by atoms with E-state index in [9.17, 15) is 24.3 Å². The quantitative estimate of drug-likeness (QED) is 0.344. The van der Waals surface area contributed by atoms with E-state index < -0.39 is 42.3 Å². The van der Waals surface area contributed by atoms with E-state index in [4.69, 9.17) is 9.84 Å². The molecule has 8 heteroatoms. The summed E-state index contributed by atoms with van der Waals surface area (Å²) in [4.78, 5) is 44.6. The van der Waals surface area contributed by atoms with Crippen molar-refractivity contribution < 1.29 is 38.9 Å². The van der Waals surface area contributed by atoms with Crippen LogP contribution in [0.2, 0.25) is 0 Å². The van der Waals surface area contributed by atoms with Crippen molar-refractivity contribution in [2.24, 2.45) is 0 Å². The molecule has 22 heavy (non-hydrogen) atoms. The van der Waals surface area contributed by atoms with Gasteiger partial charge < -0.3 is 19.7 Å². The summed E-state index contributed by atoms with van der Waals surface area (Å²) < 4.78 is 9.01. The highest BCUT2D eigenvalue weighted by Crippen LogP contribution is 2.19. The molecule has 0 heterocycles. The lowest BCUT2D eigenvalue weighted by Crippen LogP contribution is -2.44. The second kappa shape index (κ2) is 9.88. The third kappa shape index (κ3) is 8.35. The van der Waals surface area contributed by atoms with Crippen LogP contribution in [0.3, 0.4) is 0 Å². The van der Waals surface area contributed by atoms with E-state index in [1.54, 1.807) is 0 Å². The Morgan fingerprint density at radius 3 is 2.18 bits per heavy atom. The fourth-order valence-electron chi connectivity index (χ4n) is 1.72. The first kappa shape index (κ1) is 20.0. The number of carbonyl (C=O) groups excluding carboxylic acids is 3. The van der Waals surface area contributed by atoms with Crippen LogP contribution in [0, 0.1) is 0 Å². The number of aliphatic hydroxyl groups is 1. The summed E-state index contributed by atoms with van der Waals surface area (Å²) in [6.07, 6.45) is 1.37. The zero-order valence-corrected chi connectivity index (χ0v) is 12.8. The van der Waals surface area contributed by atoms with Gasteiger partial charge in [0.2, 0.25) is 0 Å². The first-order valence-corrected chi connectivity index (χ1v) is 7.04. The van der Waals surface area contributed by atoms with Crippen LogP contribution in [0.15, 0.2) is 0 Å². The summed E-state index contributed by atoms with van der Waals surface area (Å²) in [7, 11) is 0. The Kier molecular flexibility index (Phi) is 9.00. The van der Waals surface area contributed by atoms with Crippen LogP contribution in [0.25, 0.3) is 0 Å². The number of carboxylic acid groups (broad SMARTS) is 1. The number of hydrogen-bond acceptors (Lipinski definition) is 7. The van der Waals surface area contributed by atoms with Crippen LogP contribution in [0.4, 0.5) is 0 Å². The van der Waals surface area contributed by atoms with Crippen molar-refractivity contribution in [1.82, 2.24) is 0 Å². The summed E-state index contributed by atoms with van der Waals surface area (Å²) in [5.41, 5.74) is -2.55. The molecule has 0 amide bonds. The number of unbranched alkanes of at least 4 members (excludes halogenated alkanes) is 3. The number of carboxylic acids is 1. The summed E-state index contributed by atoms with van der Waals surface area (Å²) in [6, 6.07) is 0. The lowest BCUT2D eigenvalue weighted by atomic mass is 9.95. The van der Waals surface area contributed by atoms with E-state index in [2.05, 4.69) is 4.74 Å². The molecule has 0 saturated carbocycles. The van der Waals surface area contributed by atoms with Crippen molar-refractivity contribution in [3.63, 3.8) is 0 Å². The molecule has 0 bridgehead atoms. The Morgan fingerprint density at radius 2 is 1.68 bits per heavy atom. The predicted molar refractivity (Wildman–Crippen MR) is 73.7 cm³/mol. The highest BCUT2D eigenvalue weighted by Gasteiger charge is 2.43. The molecular formula is C14H22O8. The third-order valence-corrected chi connectivity index (χ3v) is 2.75. The monoisotopic (exact) mass is 318 g/mol. The molecule has 126 valence electrons. The van der Waals surface area contributed by atoms with Crippen molar-refractivity contribution in [3.05, 3.63) is 0 Å². The molecule has 0 rings (SSSR count). The molecule has 0 aliphatic carbocycles. The normalized spacial score (nSPS) is 13.0. The van der Waals surface area contributed by atoms with Gasteiger partial charge in [0.15, 0.2) is 5.60 Å². The van der Waals surface area contributed by atoms with Crippen molar-refractivity contribution in [2.75, 3.05) is 6.61 Å². The molecule has 0 radical (unpaired) electrons. The van der Waals surface area contributed by atoms with Crippen molar-refractivity contribution >= 4 is 23.9 Å². The second-order valence-electron chi connectivity index (χ2n) is 4.94. The molecule has 0 aromatic carbocycles. The Balaban J connectivity index is 4.64. The average molecular weight is 318 g/mol. The van der Waals surface area contributed by atoms with Crippen LogP contribution in [0.5, 0.6) is 0 Å². The van der Waals surface area contributed by atoms with Crippen LogP contribution in [-0.4, -0.2) is 46.3 Å². The number of hydrogen-bond donors (Lipinski definition) is 2. The van der Waals surface area contributed by atoms with Crippen molar-refractivity contribution in [3.8, 4) is 0 Å². The predicted octanol–water partition coefficient (Wildman–Crippen LogP) is 0.796. The van der Waals surface area contributed by atoms with Gasteiger partial charge in [-0.2, -0.15) is 0 Å². The zero-order valence-electron chi connectivity index (χ0n) is 12.8. The van der Waals surface area contributed by atoms with Gasteiger partial charge in [-0.25, -0.2) is 4.79 Å². The molecule has 0 aliphatic rings. The topological polar surface area (TPSA) is 127 Å². The van der Waals surface area contributed by atoms with Gasteiger partial charge in [-0.3, -0.25) is 14.4 Å². The molecule has 0 fully saturated rings. The van der Waals surface area contributed by atoms with Crippen LogP contribution < -0.4 is 0 Å². The molecular weight excluding hydrogens is 296 g/mol. The lowest BCUT2D eigenvalue weighted by molar-refractivity contribution is -0.178. The molecule has 2 N–H and O–H groups in total. The molecule has 1 unspecified atom stereocenters. The largest absolute Gasteiger partial charge is 0.481 e. The van der Waals surface area contributed by atoms with Crippen molar-refractivity contribution in [2.45, 2.75) is 58.0 Å². The minimum absolute atomic E-state index is 0.0164. The first-order chi connectivity index (χ1) is 10.2. The van der Waals surface area contributed by atoms with Gasteiger partial charge in [0.05, 0.1) is 19.4 Å². The summed E-state index contributed by atoms with van der Waals surface area (Å²) in [5.74, 6) is -4.82. The van der Waals surface area contributed by atoms with Gasteiger partial charge >= 0.3 is 23.9 Å². The lowest BCUT2D eigenvalue weighted by Gasteiger charge is -2.23. The van der Waals surface area contributed by atoms with Crippen LogP contribution in [-0.2, 0) is 28.7 Å². The smallest absolute Gasteiger partial charge is 0.339 e. The van der Waals surface area contributed by atoms with Crippen molar-refractivity contribution in [1.29, 1.82) is 0 Å². The van der Waals surface area contributed by atoms with Gasteiger partial charge in [-0.1, -0.05) is 26.2 Å². The van der Waals surface area contributed by atoms with E-state index >= 15 is 0 Å². The second-order valence-corrected chi connectivity index (χ2v) is 4.94. The van der Waals surface area contributed by atoms with Gasteiger partial charge in [-0.05, 0) is 6.42 Å². The molecule has 0 spiro atoms. The van der Waals surface area contributed by atoms with Gasteiger partial charge in [-0.15, -0.1) is 0 Å². The highest BCUT2D eigenvalue weighted by atomic mass is 16.6. The molecule has 0 aromatic rings. The summed E-state index contributed by atoms with van der Waals surface area (Å²) >= 11 is 0. The minimum Gasteiger partial charge on any atom is -0.481 e. The highest BCUT2D eigenvalue weighted by molar-refractivity contribution is 5.92. The molecule has 8 nitrogen and oxygen atoms in total. The van der Waals surface area contributed by atoms with E-state index in [-0.39, 0.29) is 6.61 Å². The zero-order chi connectivity index (χ0) is 17.2. The standard InChI is InChI=1S/C14H22O8/c1-3-4-5-6-7-21-13(19)14(20,8-11(16)17)9-12(18)22-10(2)15/h20H,3-9H2,1-2H3,(H,16,17). The third-order valence-electron chi connectivity index (χ3n) is 2.75. The van der Waals surface area contributed by atoms with E-state index in [0.29, 0.717) is 6.42 Å². The van der Waals surface area contributed by atoms with E-state index in [1.807, 2.05) is 6.92 Å². The number of carbonyl (C=O) groups is 4. The Labute approximate surface area is 128 Å². The molecule has 0 aromatic heterocycles. The maximum atomic E-state index is 11.8. The van der Waals surface area contributed by atoms with Gasteiger partial charge in [0.25, 0.3) is 0 Å².